The zero-order chi connectivity index (χ0) is 14.1. The van der Waals surface area contributed by atoms with E-state index in [0.29, 0.717) is 6.07 Å². The number of nitrogens with two attached hydrogens (primary N) is 1. The predicted molar refractivity (Wildman–Crippen MR) is 55.3 cm³/mol. The summed E-state index contributed by atoms with van der Waals surface area (Å²) in [4.78, 5) is 14.1. The van der Waals surface area contributed by atoms with Gasteiger partial charge < -0.3 is 5.73 Å². The van der Waals surface area contributed by atoms with Crippen LogP contribution in [0.2, 0.25) is 0 Å². The van der Waals surface area contributed by atoms with Crippen molar-refractivity contribution in [2.75, 3.05) is 0 Å². The van der Waals surface area contributed by atoms with Crippen molar-refractivity contribution in [2.24, 2.45) is 5.73 Å². The molecule has 0 aliphatic heterocycles. The third-order valence-electron chi connectivity index (χ3n) is 2.02. The second kappa shape index (κ2) is 5.17. The van der Waals surface area contributed by atoms with Gasteiger partial charge in [0.1, 0.15) is 5.69 Å². The zero-order valence-corrected chi connectivity index (χ0v) is 10.1. The molecular weight excluding hydrogens is 327 g/mol. The van der Waals surface area contributed by atoms with Gasteiger partial charge in [-0.2, -0.15) is 13.2 Å². The Bertz CT molecular complexity index is 475. The van der Waals surface area contributed by atoms with E-state index in [1.54, 1.807) is 0 Å². The van der Waals surface area contributed by atoms with Crippen molar-refractivity contribution in [3.8, 4) is 0 Å². The van der Waals surface area contributed by atoms with Gasteiger partial charge in [0.2, 0.25) is 0 Å². The first-order chi connectivity index (χ1) is 8.18. The Labute approximate surface area is 106 Å². The molecule has 9 heteroatoms. The average molecular weight is 333 g/mol. The third-order valence-corrected chi connectivity index (χ3v) is 2.55. The largest absolute Gasteiger partial charge is 0.418 e. The van der Waals surface area contributed by atoms with Gasteiger partial charge in [-0.1, -0.05) is 15.9 Å². The minimum Gasteiger partial charge on any atom is -0.364 e. The van der Waals surface area contributed by atoms with Crippen LogP contribution in [0.15, 0.2) is 6.07 Å². The number of primary amides is 1. The topological polar surface area (TPSA) is 56.0 Å². The van der Waals surface area contributed by atoms with Crippen molar-refractivity contribution < 1.29 is 26.7 Å². The molecule has 1 rings (SSSR count). The molecule has 3 nitrogen and oxygen atoms in total. The molecule has 0 unspecified atom stereocenters. The highest BCUT2D eigenvalue weighted by molar-refractivity contribution is 9.08. The summed E-state index contributed by atoms with van der Waals surface area (Å²) < 4.78 is 63.3. The first-order valence-electron chi connectivity index (χ1n) is 4.43. The van der Waals surface area contributed by atoms with Crippen molar-refractivity contribution >= 4 is 21.8 Å². The molecule has 0 atom stereocenters. The molecule has 0 saturated carbocycles. The van der Waals surface area contributed by atoms with Crippen molar-refractivity contribution in [3.63, 3.8) is 0 Å². The van der Waals surface area contributed by atoms with E-state index in [4.69, 9.17) is 5.73 Å². The second-order valence-corrected chi connectivity index (χ2v) is 3.78. The Morgan fingerprint density at radius 1 is 1.44 bits per heavy atom. The molecule has 100 valence electrons. The maximum Gasteiger partial charge on any atom is 0.418 e. The number of hydrogen-bond acceptors (Lipinski definition) is 2. The summed E-state index contributed by atoms with van der Waals surface area (Å²) in [5, 5.41) is -0.428. The Hall–Kier alpha value is -1.25. The number of rotatable bonds is 3. The SMILES string of the molecule is NC(=O)c1cc(C(F)F)c(C(F)(F)F)c(CBr)n1. The van der Waals surface area contributed by atoms with Crippen LogP contribution in [0.5, 0.6) is 0 Å². The van der Waals surface area contributed by atoms with E-state index in [9.17, 15) is 26.7 Å². The predicted octanol–water partition coefficient (Wildman–Crippen LogP) is 3.03. The lowest BCUT2D eigenvalue weighted by Gasteiger charge is -2.16. The molecule has 0 aliphatic carbocycles. The summed E-state index contributed by atoms with van der Waals surface area (Å²) in [7, 11) is 0. The highest BCUT2D eigenvalue weighted by Crippen LogP contribution is 2.39. The summed E-state index contributed by atoms with van der Waals surface area (Å²) in [5.41, 5.74) is 0.644. The van der Waals surface area contributed by atoms with E-state index in [1.807, 2.05) is 0 Å². The van der Waals surface area contributed by atoms with Crippen LogP contribution in [-0.2, 0) is 11.5 Å². The minimum atomic E-state index is -4.99. The van der Waals surface area contributed by atoms with E-state index in [0.717, 1.165) is 0 Å². The van der Waals surface area contributed by atoms with Crippen LogP contribution in [0.3, 0.4) is 0 Å². The van der Waals surface area contributed by atoms with Gasteiger partial charge in [-0.25, -0.2) is 13.8 Å². The van der Waals surface area contributed by atoms with Gasteiger partial charge in [0.05, 0.1) is 11.3 Å². The summed E-state index contributed by atoms with van der Waals surface area (Å²) in [6, 6.07) is 0.363. The fraction of sp³-hybridized carbons (Fsp3) is 0.333. The van der Waals surface area contributed by atoms with Crippen molar-refractivity contribution in [1.82, 2.24) is 4.98 Å². The lowest BCUT2D eigenvalue weighted by molar-refractivity contribution is -0.140. The van der Waals surface area contributed by atoms with Crippen LogP contribution in [0.4, 0.5) is 22.0 Å². The summed E-state index contributed by atoms with van der Waals surface area (Å²) in [6.45, 7) is 0. The number of halogens is 6. The van der Waals surface area contributed by atoms with Crippen LogP contribution in [0.1, 0.15) is 33.7 Å². The number of amides is 1. The quantitative estimate of drug-likeness (QED) is 0.683. The van der Waals surface area contributed by atoms with Crippen molar-refractivity contribution in [1.29, 1.82) is 0 Å². The number of aromatic nitrogens is 1. The lowest BCUT2D eigenvalue weighted by Crippen LogP contribution is -2.20. The van der Waals surface area contributed by atoms with Crippen LogP contribution >= 0.6 is 15.9 Å². The number of alkyl halides is 6. The van der Waals surface area contributed by atoms with Gasteiger partial charge >= 0.3 is 6.18 Å². The molecule has 1 amide bonds. The van der Waals surface area contributed by atoms with Crippen LogP contribution in [0.25, 0.3) is 0 Å². The molecule has 0 aromatic carbocycles. The highest BCUT2D eigenvalue weighted by atomic mass is 79.9. The number of hydrogen-bond donors (Lipinski definition) is 1. The van der Waals surface area contributed by atoms with E-state index in [1.165, 1.54) is 0 Å². The third kappa shape index (κ3) is 2.95. The molecular formula is C9H6BrF5N2O. The number of carbonyl (C=O) groups excluding carboxylic acids is 1. The normalized spacial score (nSPS) is 11.9. The van der Waals surface area contributed by atoms with Gasteiger partial charge in [-0.15, -0.1) is 0 Å². The fourth-order valence-corrected chi connectivity index (χ4v) is 1.75. The summed E-state index contributed by atoms with van der Waals surface area (Å²) in [6.07, 6.45) is -8.38. The average Bonchev–Trinajstić information content (AvgIpc) is 2.25. The smallest absolute Gasteiger partial charge is 0.364 e. The Kier molecular flexibility index (Phi) is 4.25. The molecule has 1 aromatic rings. The Balaban J connectivity index is 3.62. The van der Waals surface area contributed by atoms with E-state index < -0.39 is 46.4 Å². The lowest BCUT2D eigenvalue weighted by atomic mass is 10.0. The zero-order valence-electron chi connectivity index (χ0n) is 8.56. The van der Waals surface area contributed by atoms with E-state index >= 15 is 0 Å². The number of pyridine rings is 1. The first kappa shape index (κ1) is 14.8. The summed E-state index contributed by atoms with van der Waals surface area (Å²) in [5.74, 6) is -1.17. The van der Waals surface area contributed by atoms with Crippen molar-refractivity contribution in [3.05, 3.63) is 28.6 Å². The van der Waals surface area contributed by atoms with Gasteiger partial charge in [-0.05, 0) is 6.07 Å². The van der Waals surface area contributed by atoms with Crippen LogP contribution < -0.4 is 5.73 Å². The number of carbonyl (C=O) groups is 1. The molecule has 0 fully saturated rings. The molecule has 0 radical (unpaired) electrons. The maximum atomic E-state index is 12.7. The Morgan fingerprint density at radius 3 is 2.33 bits per heavy atom. The monoisotopic (exact) mass is 332 g/mol. The second-order valence-electron chi connectivity index (χ2n) is 3.21. The summed E-state index contributed by atoms with van der Waals surface area (Å²) >= 11 is 2.71. The molecule has 0 spiro atoms. The van der Waals surface area contributed by atoms with Crippen molar-refractivity contribution in [2.45, 2.75) is 17.9 Å². The first-order valence-corrected chi connectivity index (χ1v) is 5.55. The molecule has 0 bridgehead atoms. The molecule has 2 N–H and O–H groups in total. The minimum absolute atomic E-state index is 0.363. The van der Waals surface area contributed by atoms with Gasteiger partial charge in [0.15, 0.2) is 0 Å². The highest BCUT2D eigenvalue weighted by Gasteiger charge is 2.39. The van der Waals surface area contributed by atoms with Gasteiger partial charge in [-0.3, -0.25) is 4.79 Å². The van der Waals surface area contributed by atoms with Crippen LogP contribution in [0, 0.1) is 0 Å². The number of nitrogens with zero attached hydrogens (tertiary/aromatic N) is 1. The molecule has 0 saturated heterocycles. The van der Waals surface area contributed by atoms with Gasteiger partial charge in [0, 0.05) is 10.9 Å². The van der Waals surface area contributed by atoms with E-state index in [-0.39, 0.29) is 0 Å². The van der Waals surface area contributed by atoms with E-state index in [2.05, 4.69) is 20.9 Å². The molecule has 1 aromatic heterocycles. The molecule has 0 aliphatic rings. The van der Waals surface area contributed by atoms with Gasteiger partial charge in [0.25, 0.3) is 12.3 Å². The fourth-order valence-electron chi connectivity index (χ4n) is 1.34. The Morgan fingerprint density at radius 2 is 2.00 bits per heavy atom. The standard InChI is InChI=1S/C9H6BrF5N2O/c10-2-5-6(9(13,14)15)3(7(11)12)1-4(17-5)8(16)18/h1,7H,2H2,(H2,16,18). The molecule has 18 heavy (non-hydrogen) atoms. The van der Waals surface area contributed by atoms with Crippen LogP contribution in [-0.4, -0.2) is 10.9 Å². The molecule has 1 heterocycles. The maximum absolute atomic E-state index is 12.7.